The molecule has 0 radical (unpaired) electrons. The Balaban J connectivity index is 1.44. The number of nitrogens with one attached hydrogen (secondary N) is 1. The highest BCUT2D eigenvalue weighted by molar-refractivity contribution is 5.94. The zero-order valence-electron chi connectivity index (χ0n) is 16.5. The second-order valence-corrected chi connectivity index (χ2v) is 7.49. The van der Waals surface area contributed by atoms with E-state index in [1.165, 1.54) is 12.8 Å². The van der Waals surface area contributed by atoms with Gasteiger partial charge in [0.05, 0.1) is 12.3 Å². The first kappa shape index (κ1) is 18.5. The Morgan fingerprint density at radius 3 is 2.70 bits per heavy atom. The Bertz CT molecular complexity index is 1180. The molecule has 150 valence electrons. The van der Waals surface area contributed by atoms with Gasteiger partial charge in [0.1, 0.15) is 11.8 Å². The number of anilines is 1. The molecule has 6 nitrogen and oxygen atoms in total. The van der Waals surface area contributed by atoms with Gasteiger partial charge in [-0.3, -0.25) is 4.90 Å². The fourth-order valence-electron chi connectivity index (χ4n) is 4.18. The van der Waals surface area contributed by atoms with E-state index in [0.29, 0.717) is 18.3 Å². The van der Waals surface area contributed by atoms with Crippen LogP contribution < -0.4 is 5.32 Å². The van der Waals surface area contributed by atoms with Gasteiger partial charge in [0.25, 0.3) is 0 Å². The zero-order valence-corrected chi connectivity index (χ0v) is 16.5. The topological polar surface area (TPSA) is 78.2 Å². The maximum Gasteiger partial charge on any atom is 0.232 e. The van der Waals surface area contributed by atoms with E-state index in [9.17, 15) is 5.26 Å². The predicted molar refractivity (Wildman–Crippen MR) is 115 cm³/mol. The first-order valence-electron chi connectivity index (χ1n) is 10.2. The van der Waals surface area contributed by atoms with Crippen molar-refractivity contribution in [1.29, 1.82) is 5.26 Å². The van der Waals surface area contributed by atoms with Crippen LogP contribution in [0.1, 0.15) is 30.3 Å². The first-order valence-corrected chi connectivity index (χ1v) is 10.2. The number of likely N-dealkylation sites (tertiary alicyclic amines) is 1. The maximum atomic E-state index is 9.61. The fraction of sp³-hybridized carbons (Fsp3) is 0.250. The van der Waals surface area contributed by atoms with Gasteiger partial charge in [0.15, 0.2) is 0 Å². The quantitative estimate of drug-likeness (QED) is 0.480. The third kappa shape index (κ3) is 3.44. The highest BCUT2D eigenvalue weighted by Gasteiger charge is 2.26. The Labute approximate surface area is 174 Å². The monoisotopic (exact) mass is 398 g/mol. The number of nitriles is 1. The molecule has 2 aromatic heterocycles. The number of fused-ring (bicyclic) bond motifs is 1. The molecule has 1 saturated heterocycles. The predicted octanol–water partition coefficient (Wildman–Crippen LogP) is 5.21. The van der Waals surface area contributed by atoms with Crippen molar-refractivity contribution in [3.8, 4) is 17.5 Å². The third-order valence-corrected chi connectivity index (χ3v) is 5.66. The summed E-state index contributed by atoms with van der Waals surface area (Å²) in [7, 11) is 0. The lowest BCUT2D eigenvalue weighted by atomic mass is 10.0. The lowest BCUT2D eigenvalue weighted by molar-refractivity contribution is 0.224. The lowest BCUT2D eigenvalue weighted by Crippen LogP contribution is -2.30. The second kappa shape index (κ2) is 8.05. The lowest BCUT2D eigenvalue weighted by Gasteiger charge is -2.25. The Morgan fingerprint density at radius 1 is 1.07 bits per heavy atom. The van der Waals surface area contributed by atoms with Gasteiger partial charge in [-0.2, -0.15) is 10.2 Å². The van der Waals surface area contributed by atoms with E-state index < -0.39 is 0 Å². The van der Waals surface area contributed by atoms with Crippen molar-refractivity contribution in [1.82, 2.24) is 9.88 Å². The molecule has 0 unspecified atom stereocenters. The molecule has 0 bridgehead atoms. The van der Waals surface area contributed by atoms with Crippen molar-refractivity contribution in [3.63, 3.8) is 0 Å². The number of hydrogen-bond donors (Lipinski definition) is 1. The van der Waals surface area contributed by atoms with Crippen LogP contribution in [0.15, 0.2) is 69.7 Å². The molecule has 0 spiro atoms. The molecule has 30 heavy (non-hydrogen) atoms. The van der Waals surface area contributed by atoms with E-state index in [2.05, 4.69) is 33.4 Å². The standard InChI is InChI=1S/C24H22N4O2/c25-15-20-24(26-16-21(22-11-6-14-29-22)28-12-3-4-13-28)30-23(27-20)19-10-5-8-17-7-1-2-9-18(17)19/h1-2,5-11,14,21,26H,3-4,12-13,16H2/t21-/m1/s1. The van der Waals surface area contributed by atoms with E-state index in [4.69, 9.17) is 8.83 Å². The van der Waals surface area contributed by atoms with Gasteiger partial charge in [-0.25, -0.2) is 0 Å². The smallest absolute Gasteiger partial charge is 0.232 e. The summed E-state index contributed by atoms with van der Waals surface area (Å²) < 4.78 is 11.7. The van der Waals surface area contributed by atoms with Gasteiger partial charge in [-0.05, 0) is 54.9 Å². The number of oxazole rings is 1. The minimum atomic E-state index is 0.0835. The van der Waals surface area contributed by atoms with Crippen molar-refractivity contribution in [2.24, 2.45) is 0 Å². The van der Waals surface area contributed by atoms with Crippen LogP contribution in [-0.2, 0) is 0 Å². The van der Waals surface area contributed by atoms with Crippen LogP contribution in [0.25, 0.3) is 22.2 Å². The summed E-state index contributed by atoms with van der Waals surface area (Å²) in [5.74, 6) is 1.76. The number of nitrogens with zero attached hydrogens (tertiary/aromatic N) is 3. The van der Waals surface area contributed by atoms with Crippen LogP contribution in [0.2, 0.25) is 0 Å². The summed E-state index contributed by atoms with van der Waals surface area (Å²) in [6, 6.07) is 20.2. The molecule has 0 aliphatic carbocycles. The minimum Gasteiger partial charge on any atom is -0.468 e. The first-order chi connectivity index (χ1) is 14.8. The second-order valence-electron chi connectivity index (χ2n) is 7.49. The van der Waals surface area contributed by atoms with E-state index in [0.717, 1.165) is 35.2 Å². The molecule has 0 amide bonds. The SMILES string of the molecule is N#Cc1nc(-c2cccc3ccccc23)oc1NC[C@H](c1ccco1)N1CCCC1. The van der Waals surface area contributed by atoms with Crippen LogP contribution in [0.4, 0.5) is 5.88 Å². The normalized spacial score (nSPS) is 15.3. The molecule has 6 heteroatoms. The van der Waals surface area contributed by atoms with Crippen LogP contribution in [0.3, 0.4) is 0 Å². The van der Waals surface area contributed by atoms with Gasteiger partial charge >= 0.3 is 0 Å². The number of hydrogen-bond acceptors (Lipinski definition) is 6. The summed E-state index contributed by atoms with van der Waals surface area (Å²) in [6.07, 6.45) is 4.08. The average Bonchev–Trinajstić information content (AvgIpc) is 3.56. The Hall–Kier alpha value is -3.56. The van der Waals surface area contributed by atoms with Crippen LogP contribution in [0, 0.1) is 11.3 Å². The van der Waals surface area contributed by atoms with E-state index >= 15 is 0 Å². The van der Waals surface area contributed by atoms with Crippen LogP contribution in [0.5, 0.6) is 0 Å². The number of rotatable bonds is 6. The molecular formula is C24H22N4O2. The molecule has 1 atom stereocenters. The average molecular weight is 398 g/mol. The Kier molecular flexibility index (Phi) is 4.96. The molecule has 1 N–H and O–H groups in total. The third-order valence-electron chi connectivity index (χ3n) is 5.66. The molecule has 4 aromatic rings. The zero-order chi connectivity index (χ0) is 20.3. The maximum absolute atomic E-state index is 9.61. The highest BCUT2D eigenvalue weighted by atomic mass is 16.4. The van der Waals surface area contributed by atoms with E-state index in [1.807, 2.05) is 42.5 Å². The molecule has 2 aromatic carbocycles. The van der Waals surface area contributed by atoms with Crippen molar-refractivity contribution < 1.29 is 8.83 Å². The van der Waals surface area contributed by atoms with Crippen molar-refractivity contribution >= 4 is 16.7 Å². The summed E-state index contributed by atoms with van der Waals surface area (Å²) in [6.45, 7) is 2.65. The van der Waals surface area contributed by atoms with Gasteiger partial charge in [-0.1, -0.05) is 36.4 Å². The van der Waals surface area contributed by atoms with Crippen molar-refractivity contribution in [2.75, 3.05) is 25.0 Å². The van der Waals surface area contributed by atoms with Gasteiger partial charge < -0.3 is 14.2 Å². The molecule has 5 rings (SSSR count). The highest BCUT2D eigenvalue weighted by Crippen LogP contribution is 2.32. The summed E-state index contributed by atoms with van der Waals surface area (Å²) in [5.41, 5.74) is 1.14. The minimum absolute atomic E-state index is 0.0835. The molecule has 3 heterocycles. The molecule has 1 aliphatic rings. The molecule has 1 fully saturated rings. The molecule has 0 saturated carbocycles. The van der Waals surface area contributed by atoms with Crippen molar-refractivity contribution in [3.05, 3.63) is 72.3 Å². The largest absolute Gasteiger partial charge is 0.468 e. The van der Waals surface area contributed by atoms with Gasteiger partial charge in [0, 0.05) is 12.1 Å². The number of benzene rings is 2. The fourth-order valence-corrected chi connectivity index (χ4v) is 4.18. The van der Waals surface area contributed by atoms with Crippen LogP contribution >= 0.6 is 0 Å². The summed E-state index contributed by atoms with van der Waals surface area (Å²) in [5, 5.41) is 15.1. The van der Waals surface area contributed by atoms with E-state index in [-0.39, 0.29) is 11.7 Å². The molecule has 1 aliphatic heterocycles. The molecular weight excluding hydrogens is 376 g/mol. The summed E-state index contributed by atoms with van der Waals surface area (Å²) >= 11 is 0. The van der Waals surface area contributed by atoms with E-state index in [1.54, 1.807) is 6.26 Å². The van der Waals surface area contributed by atoms with Gasteiger partial charge in [0.2, 0.25) is 17.5 Å². The summed E-state index contributed by atoms with van der Waals surface area (Å²) in [4.78, 5) is 6.86. The van der Waals surface area contributed by atoms with Gasteiger partial charge in [-0.15, -0.1) is 0 Å². The number of furan rings is 1. The Morgan fingerprint density at radius 2 is 1.90 bits per heavy atom. The number of aromatic nitrogens is 1. The van der Waals surface area contributed by atoms with Crippen molar-refractivity contribution in [2.45, 2.75) is 18.9 Å². The van der Waals surface area contributed by atoms with Crippen LogP contribution in [-0.4, -0.2) is 29.5 Å².